The van der Waals surface area contributed by atoms with Crippen LogP contribution in [0.1, 0.15) is 34.1 Å². The van der Waals surface area contributed by atoms with Gasteiger partial charge in [-0.15, -0.1) is 0 Å². The molecule has 0 amide bonds. The smallest absolute Gasteiger partial charge is 0.390 e. The average molecular weight is 297 g/mol. The second-order valence-electron chi connectivity index (χ2n) is 5.07. The molecule has 118 valence electrons. The molecule has 0 spiro atoms. The van der Waals surface area contributed by atoms with E-state index < -0.39 is 24.2 Å². The first kappa shape index (κ1) is 18.5. The summed E-state index contributed by atoms with van der Waals surface area (Å²) in [6.07, 6.45) is -5.20. The number of rotatable bonds is 5. The highest BCUT2D eigenvalue weighted by molar-refractivity contribution is 5.83. The van der Waals surface area contributed by atoms with E-state index in [-0.39, 0.29) is 19.0 Å². The summed E-state index contributed by atoms with van der Waals surface area (Å²) < 4.78 is 41.1. The standard InChI is InChI=1S/C12H22F3N3O2/c1-5-16-10(17-7-6-12(13,14)15)18-8-9(19)20-11(2,3)4/h5-8H2,1-4H3,(H2,16,17,18). The van der Waals surface area contributed by atoms with Gasteiger partial charge in [-0.25, -0.2) is 4.99 Å². The zero-order valence-corrected chi connectivity index (χ0v) is 12.2. The number of hydrogen-bond acceptors (Lipinski definition) is 3. The predicted octanol–water partition coefficient (Wildman–Crippen LogP) is 1.84. The van der Waals surface area contributed by atoms with Crippen LogP contribution < -0.4 is 10.6 Å². The minimum atomic E-state index is -4.23. The summed E-state index contributed by atoms with van der Waals surface area (Å²) in [4.78, 5) is 15.3. The number of alkyl halides is 3. The fraction of sp³-hybridized carbons (Fsp3) is 0.833. The average Bonchev–Trinajstić information content (AvgIpc) is 2.21. The lowest BCUT2D eigenvalue weighted by molar-refractivity contribution is -0.152. The minimum Gasteiger partial charge on any atom is -0.459 e. The van der Waals surface area contributed by atoms with Crippen molar-refractivity contribution in [3.8, 4) is 0 Å². The van der Waals surface area contributed by atoms with Gasteiger partial charge in [0.15, 0.2) is 5.96 Å². The van der Waals surface area contributed by atoms with Crippen molar-refractivity contribution >= 4 is 11.9 Å². The van der Waals surface area contributed by atoms with Crippen molar-refractivity contribution in [2.24, 2.45) is 4.99 Å². The van der Waals surface area contributed by atoms with Crippen LogP contribution in [0.5, 0.6) is 0 Å². The molecule has 2 N–H and O–H groups in total. The van der Waals surface area contributed by atoms with Gasteiger partial charge in [0.05, 0.1) is 6.42 Å². The van der Waals surface area contributed by atoms with Crippen molar-refractivity contribution in [2.75, 3.05) is 19.6 Å². The van der Waals surface area contributed by atoms with Gasteiger partial charge in [-0.3, -0.25) is 4.79 Å². The normalized spacial score (nSPS) is 13.1. The van der Waals surface area contributed by atoms with Crippen LogP contribution in [0.25, 0.3) is 0 Å². The van der Waals surface area contributed by atoms with Crippen LogP contribution in [0, 0.1) is 0 Å². The largest absolute Gasteiger partial charge is 0.459 e. The number of nitrogens with zero attached hydrogens (tertiary/aromatic N) is 1. The Balaban J connectivity index is 4.29. The van der Waals surface area contributed by atoms with Crippen LogP contribution in [0.2, 0.25) is 0 Å². The molecule has 0 saturated heterocycles. The Morgan fingerprint density at radius 3 is 2.25 bits per heavy atom. The maximum atomic E-state index is 12.0. The maximum Gasteiger partial charge on any atom is 0.390 e. The first-order valence-corrected chi connectivity index (χ1v) is 6.34. The fourth-order valence-electron chi connectivity index (χ4n) is 1.18. The van der Waals surface area contributed by atoms with Crippen molar-refractivity contribution in [1.29, 1.82) is 0 Å². The number of carbonyl (C=O) groups excluding carboxylic acids is 1. The Kier molecular flexibility index (Phi) is 7.38. The molecule has 0 radical (unpaired) electrons. The Morgan fingerprint density at radius 1 is 1.20 bits per heavy atom. The van der Waals surface area contributed by atoms with E-state index in [0.29, 0.717) is 6.54 Å². The lowest BCUT2D eigenvalue weighted by Crippen LogP contribution is -2.39. The van der Waals surface area contributed by atoms with Crippen LogP contribution in [0.3, 0.4) is 0 Å². The summed E-state index contributed by atoms with van der Waals surface area (Å²) >= 11 is 0. The van der Waals surface area contributed by atoms with Crippen LogP contribution >= 0.6 is 0 Å². The first-order chi connectivity index (χ1) is 9.03. The molecule has 0 aliphatic carbocycles. The van der Waals surface area contributed by atoms with Crippen molar-refractivity contribution in [2.45, 2.75) is 45.9 Å². The molecule has 0 bridgehead atoms. The zero-order valence-electron chi connectivity index (χ0n) is 12.2. The molecule has 0 aliphatic rings. The Hall–Kier alpha value is -1.47. The fourth-order valence-corrected chi connectivity index (χ4v) is 1.18. The molecule has 0 rings (SSSR count). The molecule has 5 nitrogen and oxygen atoms in total. The van der Waals surface area contributed by atoms with Crippen molar-refractivity contribution in [3.63, 3.8) is 0 Å². The quantitative estimate of drug-likeness (QED) is 0.462. The number of carbonyl (C=O) groups is 1. The molecular weight excluding hydrogens is 275 g/mol. The molecular formula is C12H22F3N3O2. The van der Waals surface area contributed by atoms with Crippen LogP contribution in [0.4, 0.5) is 13.2 Å². The van der Waals surface area contributed by atoms with Crippen molar-refractivity contribution < 1.29 is 22.7 Å². The topological polar surface area (TPSA) is 62.7 Å². The van der Waals surface area contributed by atoms with Gasteiger partial charge in [-0.2, -0.15) is 13.2 Å². The van der Waals surface area contributed by atoms with Gasteiger partial charge in [0.2, 0.25) is 0 Å². The van der Waals surface area contributed by atoms with E-state index in [2.05, 4.69) is 15.6 Å². The molecule has 0 atom stereocenters. The van der Waals surface area contributed by atoms with E-state index in [1.54, 1.807) is 27.7 Å². The number of esters is 1. The monoisotopic (exact) mass is 297 g/mol. The Bertz CT molecular complexity index is 336. The summed E-state index contributed by atoms with van der Waals surface area (Å²) in [5.74, 6) is -0.381. The molecule has 0 aromatic heterocycles. The molecule has 20 heavy (non-hydrogen) atoms. The number of guanidine groups is 1. The molecule has 0 aliphatic heterocycles. The summed E-state index contributed by atoms with van der Waals surface area (Å²) in [7, 11) is 0. The highest BCUT2D eigenvalue weighted by atomic mass is 19.4. The maximum absolute atomic E-state index is 12.0. The van der Waals surface area contributed by atoms with Gasteiger partial charge >= 0.3 is 12.1 Å². The Labute approximate surface area is 117 Å². The molecule has 0 unspecified atom stereocenters. The lowest BCUT2D eigenvalue weighted by atomic mass is 10.2. The number of aliphatic imine (C=N–C) groups is 1. The van der Waals surface area contributed by atoms with Gasteiger partial charge in [0.1, 0.15) is 12.1 Å². The van der Waals surface area contributed by atoms with Gasteiger partial charge in [-0.05, 0) is 27.7 Å². The summed E-state index contributed by atoms with van der Waals surface area (Å²) in [6, 6.07) is 0. The van der Waals surface area contributed by atoms with Crippen LogP contribution in [0.15, 0.2) is 4.99 Å². The van der Waals surface area contributed by atoms with E-state index in [1.165, 1.54) is 0 Å². The number of nitrogens with one attached hydrogen (secondary N) is 2. The van der Waals surface area contributed by atoms with Crippen molar-refractivity contribution in [1.82, 2.24) is 10.6 Å². The third-order valence-corrected chi connectivity index (χ3v) is 1.83. The SMILES string of the molecule is CCNC(=NCC(=O)OC(C)(C)C)NCCC(F)(F)F. The second-order valence-corrected chi connectivity index (χ2v) is 5.07. The summed E-state index contributed by atoms with van der Waals surface area (Å²) in [5.41, 5.74) is -0.616. The van der Waals surface area contributed by atoms with Crippen molar-refractivity contribution in [3.05, 3.63) is 0 Å². The highest BCUT2D eigenvalue weighted by Gasteiger charge is 2.26. The van der Waals surface area contributed by atoms with E-state index in [4.69, 9.17) is 4.74 Å². The van der Waals surface area contributed by atoms with Gasteiger partial charge in [0.25, 0.3) is 0 Å². The van der Waals surface area contributed by atoms with E-state index in [1.807, 2.05) is 0 Å². The molecule has 8 heteroatoms. The third-order valence-electron chi connectivity index (χ3n) is 1.83. The van der Waals surface area contributed by atoms with E-state index in [0.717, 1.165) is 0 Å². The van der Waals surface area contributed by atoms with Gasteiger partial charge in [0, 0.05) is 13.1 Å². The molecule has 0 fully saturated rings. The summed E-state index contributed by atoms with van der Waals surface area (Å²) in [5, 5.41) is 5.26. The van der Waals surface area contributed by atoms with Crippen LogP contribution in [-0.2, 0) is 9.53 Å². The predicted molar refractivity (Wildman–Crippen MR) is 70.5 cm³/mol. The van der Waals surface area contributed by atoms with Gasteiger partial charge < -0.3 is 15.4 Å². The minimum absolute atomic E-state index is 0.155. The molecule has 0 heterocycles. The second kappa shape index (κ2) is 7.96. The Morgan fingerprint density at radius 2 is 1.80 bits per heavy atom. The molecule has 0 aromatic rings. The van der Waals surface area contributed by atoms with Gasteiger partial charge in [-0.1, -0.05) is 0 Å². The van der Waals surface area contributed by atoms with E-state index >= 15 is 0 Å². The summed E-state index contributed by atoms with van der Waals surface area (Å²) in [6.45, 7) is 6.87. The number of hydrogen-bond donors (Lipinski definition) is 2. The van der Waals surface area contributed by atoms with E-state index in [9.17, 15) is 18.0 Å². The number of ether oxygens (including phenoxy) is 1. The third kappa shape index (κ3) is 11.6. The molecule has 0 aromatic carbocycles. The lowest BCUT2D eigenvalue weighted by Gasteiger charge is -2.19. The zero-order chi connectivity index (χ0) is 15.8. The number of halogens is 3. The first-order valence-electron chi connectivity index (χ1n) is 6.34. The van der Waals surface area contributed by atoms with Crippen LogP contribution in [-0.4, -0.2) is 43.3 Å². The highest BCUT2D eigenvalue weighted by Crippen LogP contribution is 2.18. The molecule has 0 saturated carbocycles.